The van der Waals surface area contributed by atoms with Crippen molar-refractivity contribution in [1.82, 2.24) is 4.90 Å². The third-order valence-electron chi connectivity index (χ3n) is 11.4. The Morgan fingerprint density at radius 1 is 0.447 bits per heavy atom. The molecule has 0 bridgehead atoms. The van der Waals surface area contributed by atoms with Gasteiger partial charge in [0.25, 0.3) is 0 Å². The Morgan fingerprint density at radius 2 is 0.816 bits per heavy atom. The first kappa shape index (κ1) is 28.9. The summed E-state index contributed by atoms with van der Waals surface area (Å²) in [6.07, 6.45) is 35.6. The largest absolute Gasteiger partial charge is 0.393 e. The average molecular weight is 526 g/mol. The molecule has 0 saturated heterocycles. The molecule has 2 N–H and O–H groups in total. The van der Waals surface area contributed by atoms with Crippen LogP contribution in [0.5, 0.6) is 0 Å². The fourth-order valence-corrected chi connectivity index (χ4v) is 9.00. The highest BCUT2D eigenvalue weighted by atomic mass is 16.3. The SMILES string of the molecule is CC1CCC(N(C2CCC(C=CC3CCCC(O)C3)CC2)C2CCC(C=CC3CCCC(O)C3)CC2)CC1. The van der Waals surface area contributed by atoms with Gasteiger partial charge in [0.1, 0.15) is 0 Å². The molecule has 0 aromatic carbocycles. The van der Waals surface area contributed by atoms with Crippen molar-refractivity contribution in [3.63, 3.8) is 0 Å². The van der Waals surface area contributed by atoms with Crippen LogP contribution in [-0.4, -0.2) is 45.4 Å². The molecule has 0 aliphatic heterocycles. The lowest BCUT2D eigenvalue weighted by atomic mass is 9.77. The van der Waals surface area contributed by atoms with Gasteiger partial charge in [0.2, 0.25) is 0 Å². The molecule has 0 spiro atoms. The lowest BCUT2D eigenvalue weighted by Crippen LogP contribution is -2.52. The summed E-state index contributed by atoms with van der Waals surface area (Å²) in [6.45, 7) is 2.46. The van der Waals surface area contributed by atoms with Crippen molar-refractivity contribution in [1.29, 1.82) is 0 Å². The van der Waals surface area contributed by atoms with E-state index >= 15 is 0 Å². The van der Waals surface area contributed by atoms with Crippen LogP contribution in [0, 0.1) is 29.6 Å². The van der Waals surface area contributed by atoms with Crippen molar-refractivity contribution in [3.05, 3.63) is 24.3 Å². The maximum Gasteiger partial charge on any atom is 0.0545 e. The number of hydrogen-bond acceptors (Lipinski definition) is 3. The molecule has 5 saturated carbocycles. The minimum Gasteiger partial charge on any atom is -0.393 e. The van der Waals surface area contributed by atoms with Gasteiger partial charge in [-0.25, -0.2) is 0 Å². The van der Waals surface area contributed by atoms with Crippen LogP contribution in [0.1, 0.15) is 135 Å². The molecule has 0 aromatic heterocycles. The maximum absolute atomic E-state index is 10.0. The highest BCUT2D eigenvalue weighted by molar-refractivity contribution is 5.01. The zero-order valence-corrected chi connectivity index (χ0v) is 24.6. The first-order chi connectivity index (χ1) is 18.5. The quantitative estimate of drug-likeness (QED) is 0.329. The van der Waals surface area contributed by atoms with Gasteiger partial charge in [-0.05, 0) is 145 Å². The van der Waals surface area contributed by atoms with Gasteiger partial charge < -0.3 is 10.2 Å². The third-order valence-corrected chi connectivity index (χ3v) is 11.4. The zero-order valence-electron chi connectivity index (χ0n) is 24.6. The maximum atomic E-state index is 10.0. The molecule has 0 radical (unpaired) electrons. The topological polar surface area (TPSA) is 43.7 Å². The Bertz CT molecular complexity index is 687. The molecule has 38 heavy (non-hydrogen) atoms. The number of aliphatic hydroxyl groups is 2. The monoisotopic (exact) mass is 525 g/mol. The Kier molecular flexibility index (Phi) is 10.9. The van der Waals surface area contributed by atoms with Crippen molar-refractivity contribution in [2.45, 2.75) is 166 Å². The average Bonchev–Trinajstić information content (AvgIpc) is 2.93. The summed E-state index contributed by atoms with van der Waals surface area (Å²) < 4.78 is 0. The number of rotatable bonds is 7. The second kappa shape index (κ2) is 14.3. The van der Waals surface area contributed by atoms with Crippen LogP contribution in [-0.2, 0) is 0 Å². The Morgan fingerprint density at radius 3 is 1.21 bits per heavy atom. The Labute approximate surface area is 234 Å². The molecule has 0 heterocycles. The normalized spacial score (nSPS) is 43.7. The number of aliphatic hydroxyl groups excluding tert-OH is 2. The molecular weight excluding hydrogens is 466 g/mol. The Balaban J connectivity index is 1.14. The van der Waals surface area contributed by atoms with E-state index in [9.17, 15) is 10.2 Å². The summed E-state index contributed by atoms with van der Waals surface area (Å²) in [5, 5.41) is 20.1. The van der Waals surface area contributed by atoms with E-state index in [0.29, 0.717) is 11.8 Å². The van der Waals surface area contributed by atoms with E-state index in [1.54, 1.807) is 0 Å². The molecular formula is C35H59NO2. The highest BCUT2D eigenvalue weighted by Gasteiger charge is 2.37. The summed E-state index contributed by atoms with van der Waals surface area (Å²) in [5.41, 5.74) is 0. The van der Waals surface area contributed by atoms with Gasteiger partial charge in [0, 0.05) is 18.1 Å². The molecule has 0 amide bonds. The molecule has 5 fully saturated rings. The van der Waals surface area contributed by atoms with Crippen LogP contribution >= 0.6 is 0 Å². The van der Waals surface area contributed by atoms with Crippen molar-refractivity contribution in [2.75, 3.05) is 0 Å². The van der Waals surface area contributed by atoms with Crippen molar-refractivity contribution in [2.24, 2.45) is 29.6 Å². The van der Waals surface area contributed by atoms with Gasteiger partial charge in [-0.15, -0.1) is 0 Å². The zero-order chi connectivity index (χ0) is 26.3. The molecule has 0 aromatic rings. The van der Waals surface area contributed by atoms with E-state index in [1.807, 2.05) is 0 Å². The second-order valence-electron chi connectivity index (χ2n) is 14.4. The number of nitrogens with zero attached hydrogens (tertiary/aromatic N) is 1. The van der Waals surface area contributed by atoms with Crippen molar-refractivity contribution < 1.29 is 10.2 Å². The first-order valence-electron chi connectivity index (χ1n) is 17.0. The summed E-state index contributed by atoms with van der Waals surface area (Å²) in [5.74, 6) is 3.68. The first-order valence-corrected chi connectivity index (χ1v) is 17.0. The van der Waals surface area contributed by atoms with E-state index in [0.717, 1.165) is 61.6 Å². The summed E-state index contributed by atoms with van der Waals surface area (Å²) >= 11 is 0. The van der Waals surface area contributed by atoms with Gasteiger partial charge >= 0.3 is 0 Å². The minimum atomic E-state index is -0.0633. The molecule has 3 heteroatoms. The summed E-state index contributed by atoms with van der Waals surface area (Å²) in [7, 11) is 0. The second-order valence-corrected chi connectivity index (χ2v) is 14.4. The van der Waals surface area contributed by atoms with Crippen LogP contribution in [0.15, 0.2) is 24.3 Å². The summed E-state index contributed by atoms with van der Waals surface area (Å²) in [4.78, 5) is 3.11. The molecule has 4 unspecified atom stereocenters. The standard InChI is InChI=1S/C35H59NO2/c1-26-8-18-31(19-9-26)36(32-20-14-27(15-21-32)10-12-29-4-2-6-34(37)24-29)33-22-16-28(17-23-33)11-13-30-5-3-7-35(38)25-30/h10-13,26-35,37-38H,2-9,14-25H2,1H3. The van der Waals surface area contributed by atoms with Crippen LogP contribution < -0.4 is 0 Å². The van der Waals surface area contributed by atoms with E-state index in [4.69, 9.17) is 0 Å². The van der Waals surface area contributed by atoms with Gasteiger partial charge in [-0.3, -0.25) is 4.90 Å². The summed E-state index contributed by atoms with van der Waals surface area (Å²) in [6, 6.07) is 2.43. The minimum absolute atomic E-state index is 0.0633. The van der Waals surface area contributed by atoms with Crippen molar-refractivity contribution >= 4 is 0 Å². The fraction of sp³-hybridized carbons (Fsp3) is 0.886. The van der Waals surface area contributed by atoms with E-state index in [2.05, 4.69) is 36.1 Å². The predicted molar refractivity (Wildman–Crippen MR) is 159 cm³/mol. The molecule has 3 nitrogen and oxygen atoms in total. The molecule has 216 valence electrons. The fourth-order valence-electron chi connectivity index (χ4n) is 9.00. The van der Waals surface area contributed by atoms with Gasteiger partial charge in [0.05, 0.1) is 12.2 Å². The predicted octanol–water partition coefficient (Wildman–Crippen LogP) is 8.20. The van der Waals surface area contributed by atoms with Crippen molar-refractivity contribution in [3.8, 4) is 0 Å². The van der Waals surface area contributed by atoms with E-state index in [1.165, 1.54) is 103 Å². The third kappa shape index (κ3) is 8.20. The molecule has 5 aliphatic rings. The van der Waals surface area contributed by atoms with Crippen LogP contribution in [0.4, 0.5) is 0 Å². The van der Waals surface area contributed by atoms with Crippen LogP contribution in [0.25, 0.3) is 0 Å². The van der Waals surface area contributed by atoms with Crippen LogP contribution in [0.3, 0.4) is 0 Å². The van der Waals surface area contributed by atoms with Gasteiger partial charge in [-0.1, -0.05) is 44.1 Å². The van der Waals surface area contributed by atoms with E-state index < -0.39 is 0 Å². The Hall–Kier alpha value is -0.640. The number of allylic oxidation sites excluding steroid dienone is 4. The number of hydrogen-bond donors (Lipinski definition) is 2. The lowest BCUT2D eigenvalue weighted by Gasteiger charge is -2.49. The van der Waals surface area contributed by atoms with Crippen LogP contribution in [0.2, 0.25) is 0 Å². The smallest absolute Gasteiger partial charge is 0.0545 e. The van der Waals surface area contributed by atoms with Gasteiger partial charge in [0.15, 0.2) is 0 Å². The molecule has 5 aliphatic carbocycles. The lowest BCUT2D eigenvalue weighted by molar-refractivity contribution is 0.00948. The molecule has 5 rings (SSSR count). The van der Waals surface area contributed by atoms with E-state index in [-0.39, 0.29) is 12.2 Å². The highest BCUT2D eigenvalue weighted by Crippen LogP contribution is 2.40. The molecule has 4 atom stereocenters. The van der Waals surface area contributed by atoms with Gasteiger partial charge in [-0.2, -0.15) is 0 Å².